The van der Waals surface area contributed by atoms with Crippen molar-refractivity contribution in [2.75, 3.05) is 13.1 Å². The number of hydrogen-bond donors (Lipinski definition) is 1. The Kier molecular flexibility index (Phi) is 9.10. The van der Waals surface area contributed by atoms with Gasteiger partial charge in [-0.25, -0.2) is 0 Å². The first-order valence-electron chi connectivity index (χ1n) is 13.6. The number of carbonyl (C=O) groups excluding carboxylic acids is 4. The van der Waals surface area contributed by atoms with Crippen molar-refractivity contribution >= 4 is 23.6 Å². The van der Waals surface area contributed by atoms with Crippen molar-refractivity contribution in [1.29, 1.82) is 0 Å². The minimum atomic E-state index is -0.729. The maximum atomic E-state index is 13.8. The smallest absolute Gasteiger partial charge is 0.243 e. The average molecular weight is 516 g/mol. The highest BCUT2D eigenvalue weighted by atomic mass is 16.2. The SMILES string of the molecule is CCCNC(=O)C(Cc1ccccc1)N(Cc1ccccc1C)C(=O)CCN1C(=O)[C@H]2CC=CC[C@H]2C1=O. The molecule has 2 aromatic carbocycles. The Balaban J connectivity index is 1.58. The summed E-state index contributed by atoms with van der Waals surface area (Å²) >= 11 is 0. The van der Waals surface area contributed by atoms with Crippen molar-refractivity contribution in [3.8, 4) is 0 Å². The lowest BCUT2D eigenvalue weighted by atomic mass is 9.85. The van der Waals surface area contributed by atoms with Crippen molar-refractivity contribution in [2.45, 2.75) is 58.5 Å². The molecule has 38 heavy (non-hydrogen) atoms. The molecule has 7 heteroatoms. The highest BCUT2D eigenvalue weighted by Crippen LogP contribution is 2.35. The summed E-state index contributed by atoms with van der Waals surface area (Å²) in [5, 5.41) is 2.98. The van der Waals surface area contributed by atoms with Crippen LogP contribution < -0.4 is 5.32 Å². The molecule has 1 unspecified atom stereocenters. The van der Waals surface area contributed by atoms with E-state index < -0.39 is 6.04 Å². The number of benzene rings is 2. The Morgan fingerprint density at radius 1 is 0.974 bits per heavy atom. The quantitative estimate of drug-likeness (QED) is 0.364. The standard InChI is InChI=1S/C31H37N3O4/c1-3-18-32-29(36)27(20-23-12-5-4-6-13-23)34(21-24-14-8-7-11-22(24)2)28(35)17-19-33-30(37)25-15-9-10-16-26(25)31(33)38/h4-14,25-27H,3,15-21H2,1-2H3,(H,32,36)/t25-,26+,27?. The molecule has 200 valence electrons. The first-order valence-corrected chi connectivity index (χ1v) is 13.6. The maximum Gasteiger partial charge on any atom is 0.243 e. The molecular weight excluding hydrogens is 478 g/mol. The minimum Gasteiger partial charge on any atom is -0.354 e. The molecule has 7 nitrogen and oxygen atoms in total. The molecule has 0 bridgehead atoms. The second kappa shape index (κ2) is 12.7. The lowest BCUT2D eigenvalue weighted by Crippen LogP contribution is -2.51. The van der Waals surface area contributed by atoms with Crippen molar-refractivity contribution in [3.05, 3.63) is 83.4 Å². The molecule has 0 saturated carbocycles. The number of hydrogen-bond acceptors (Lipinski definition) is 4. The van der Waals surface area contributed by atoms with E-state index in [1.807, 2.05) is 80.6 Å². The van der Waals surface area contributed by atoms with Gasteiger partial charge in [0, 0.05) is 32.5 Å². The van der Waals surface area contributed by atoms with Crippen LogP contribution >= 0.6 is 0 Å². The van der Waals surface area contributed by atoms with Gasteiger partial charge in [0.2, 0.25) is 23.6 Å². The molecule has 0 radical (unpaired) electrons. The van der Waals surface area contributed by atoms with Gasteiger partial charge in [-0.15, -0.1) is 0 Å². The summed E-state index contributed by atoms with van der Waals surface area (Å²) in [6.45, 7) is 4.78. The van der Waals surface area contributed by atoms with E-state index in [1.165, 1.54) is 4.90 Å². The van der Waals surface area contributed by atoms with E-state index in [1.54, 1.807) is 4.90 Å². The van der Waals surface area contributed by atoms with E-state index in [0.29, 0.717) is 25.8 Å². The molecule has 0 spiro atoms. The van der Waals surface area contributed by atoms with Gasteiger partial charge >= 0.3 is 0 Å². The summed E-state index contributed by atoms with van der Waals surface area (Å²) in [6, 6.07) is 16.7. The van der Waals surface area contributed by atoms with E-state index in [2.05, 4.69) is 5.32 Å². The number of aryl methyl sites for hydroxylation is 1. The molecule has 1 N–H and O–H groups in total. The van der Waals surface area contributed by atoms with Crippen LogP contribution in [0.15, 0.2) is 66.7 Å². The zero-order valence-electron chi connectivity index (χ0n) is 22.3. The molecule has 1 saturated heterocycles. The number of amides is 4. The first kappa shape index (κ1) is 27.3. The number of carbonyl (C=O) groups is 4. The lowest BCUT2D eigenvalue weighted by molar-refractivity contribution is -0.144. The molecule has 1 aliphatic carbocycles. The lowest BCUT2D eigenvalue weighted by Gasteiger charge is -2.32. The van der Waals surface area contributed by atoms with Gasteiger partial charge in [-0.3, -0.25) is 24.1 Å². The molecule has 4 rings (SSSR count). The largest absolute Gasteiger partial charge is 0.354 e. The molecule has 2 aliphatic rings. The predicted molar refractivity (Wildman–Crippen MR) is 146 cm³/mol. The zero-order chi connectivity index (χ0) is 27.1. The van der Waals surface area contributed by atoms with Gasteiger partial charge in [0.15, 0.2) is 0 Å². The normalized spacial score (nSPS) is 19.3. The van der Waals surface area contributed by atoms with Crippen molar-refractivity contribution < 1.29 is 19.2 Å². The number of fused-ring (bicyclic) bond motifs is 1. The third-order valence-corrected chi connectivity index (χ3v) is 7.57. The zero-order valence-corrected chi connectivity index (χ0v) is 22.3. The van der Waals surface area contributed by atoms with Gasteiger partial charge < -0.3 is 10.2 Å². The van der Waals surface area contributed by atoms with Crippen LogP contribution in [0.4, 0.5) is 0 Å². The Hall–Kier alpha value is -3.74. The van der Waals surface area contributed by atoms with E-state index in [4.69, 9.17) is 0 Å². The van der Waals surface area contributed by atoms with Gasteiger partial charge in [-0.2, -0.15) is 0 Å². The number of rotatable bonds is 11. The molecular formula is C31H37N3O4. The van der Waals surface area contributed by atoms with Crippen LogP contribution in [0.2, 0.25) is 0 Å². The van der Waals surface area contributed by atoms with Gasteiger partial charge in [-0.05, 0) is 42.9 Å². The minimum absolute atomic E-state index is 0.0252. The van der Waals surface area contributed by atoms with Crippen LogP contribution in [0.1, 0.15) is 49.3 Å². The number of nitrogens with one attached hydrogen (secondary N) is 1. The van der Waals surface area contributed by atoms with E-state index in [-0.39, 0.29) is 55.0 Å². The maximum absolute atomic E-state index is 13.8. The van der Waals surface area contributed by atoms with Crippen molar-refractivity contribution in [2.24, 2.45) is 11.8 Å². The Morgan fingerprint density at radius 3 is 2.24 bits per heavy atom. The number of allylic oxidation sites excluding steroid dienone is 2. The summed E-state index contributed by atoms with van der Waals surface area (Å²) < 4.78 is 0. The van der Waals surface area contributed by atoms with Gasteiger partial charge in [0.25, 0.3) is 0 Å². The topological polar surface area (TPSA) is 86.8 Å². The third-order valence-electron chi connectivity index (χ3n) is 7.57. The fraction of sp³-hybridized carbons (Fsp3) is 0.419. The molecule has 3 atom stereocenters. The van der Waals surface area contributed by atoms with E-state index in [0.717, 1.165) is 23.1 Å². The Labute approximate surface area is 224 Å². The summed E-state index contributed by atoms with van der Waals surface area (Å²) in [5.74, 6) is -1.49. The van der Waals surface area contributed by atoms with Crippen LogP contribution in [-0.4, -0.2) is 52.6 Å². The number of likely N-dealkylation sites (tertiary alicyclic amines) is 1. The number of nitrogens with zero attached hydrogens (tertiary/aromatic N) is 2. The van der Waals surface area contributed by atoms with E-state index in [9.17, 15) is 19.2 Å². The molecule has 1 heterocycles. The highest BCUT2D eigenvalue weighted by Gasteiger charge is 2.47. The summed E-state index contributed by atoms with van der Waals surface area (Å²) in [7, 11) is 0. The average Bonchev–Trinajstić information content (AvgIpc) is 3.18. The Bertz CT molecular complexity index is 1170. The van der Waals surface area contributed by atoms with Crippen LogP contribution in [0.3, 0.4) is 0 Å². The molecule has 0 aromatic heterocycles. The van der Waals surface area contributed by atoms with Gasteiger partial charge in [0.1, 0.15) is 6.04 Å². The summed E-state index contributed by atoms with van der Waals surface area (Å²) in [4.78, 5) is 56.1. The van der Waals surface area contributed by atoms with Crippen LogP contribution in [0.5, 0.6) is 0 Å². The highest BCUT2D eigenvalue weighted by molar-refractivity contribution is 6.05. The first-order chi connectivity index (χ1) is 18.4. The summed E-state index contributed by atoms with van der Waals surface area (Å²) in [6.07, 6.45) is 6.16. The third kappa shape index (κ3) is 6.21. The molecule has 1 fully saturated rings. The predicted octanol–water partition coefficient (Wildman–Crippen LogP) is 3.80. The Morgan fingerprint density at radius 2 is 1.61 bits per heavy atom. The second-order valence-electron chi connectivity index (χ2n) is 10.2. The van der Waals surface area contributed by atoms with Crippen LogP contribution in [0, 0.1) is 18.8 Å². The summed E-state index contributed by atoms with van der Waals surface area (Å²) in [5.41, 5.74) is 2.93. The van der Waals surface area contributed by atoms with Crippen molar-refractivity contribution in [1.82, 2.24) is 15.1 Å². The monoisotopic (exact) mass is 515 g/mol. The number of imide groups is 1. The molecule has 4 amide bonds. The fourth-order valence-corrected chi connectivity index (χ4v) is 5.33. The second-order valence-corrected chi connectivity index (χ2v) is 10.2. The van der Waals surface area contributed by atoms with Crippen LogP contribution in [-0.2, 0) is 32.1 Å². The van der Waals surface area contributed by atoms with E-state index >= 15 is 0 Å². The van der Waals surface area contributed by atoms with Gasteiger partial charge in [-0.1, -0.05) is 73.7 Å². The van der Waals surface area contributed by atoms with Crippen LogP contribution in [0.25, 0.3) is 0 Å². The molecule has 2 aromatic rings. The van der Waals surface area contributed by atoms with Crippen molar-refractivity contribution in [3.63, 3.8) is 0 Å². The fourth-order valence-electron chi connectivity index (χ4n) is 5.33. The van der Waals surface area contributed by atoms with Gasteiger partial charge in [0.05, 0.1) is 11.8 Å². The molecule has 1 aliphatic heterocycles.